The van der Waals surface area contributed by atoms with Crippen LogP contribution >= 0.6 is 0 Å². The first-order valence-corrected chi connectivity index (χ1v) is 9.07. The number of hydrogen-bond donors (Lipinski definition) is 2. The van der Waals surface area contributed by atoms with E-state index in [0.717, 1.165) is 30.0 Å². The summed E-state index contributed by atoms with van der Waals surface area (Å²) in [6.07, 6.45) is -4.47. The summed E-state index contributed by atoms with van der Waals surface area (Å²) in [6, 6.07) is 2.14. The second-order valence-electron chi connectivity index (χ2n) is 5.49. The number of amides is 1. The van der Waals surface area contributed by atoms with Crippen LogP contribution in [0.2, 0.25) is 0 Å². The van der Waals surface area contributed by atoms with Crippen LogP contribution in [0.15, 0.2) is 29.2 Å². The van der Waals surface area contributed by atoms with Gasteiger partial charge in [0, 0.05) is 6.54 Å². The van der Waals surface area contributed by atoms with Crippen molar-refractivity contribution in [1.29, 1.82) is 0 Å². The predicted molar refractivity (Wildman–Crippen MR) is 85.7 cm³/mol. The normalized spacial score (nSPS) is 13.3. The molecule has 0 aliphatic heterocycles. The second kappa shape index (κ2) is 8.49. The van der Waals surface area contributed by atoms with E-state index in [4.69, 9.17) is 5.11 Å². The highest BCUT2D eigenvalue weighted by Crippen LogP contribution is 2.33. The van der Waals surface area contributed by atoms with E-state index >= 15 is 0 Å². The number of sulfonamides is 1. The molecule has 26 heavy (non-hydrogen) atoms. The van der Waals surface area contributed by atoms with Gasteiger partial charge in [-0.2, -0.15) is 17.9 Å². The van der Waals surface area contributed by atoms with Crippen molar-refractivity contribution in [3.05, 3.63) is 29.8 Å². The summed E-state index contributed by atoms with van der Waals surface area (Å²) in [5, 5.41) is 8.82. The van der Waals surface area contributed by atoms with Crippen LogP contribution in [0.5, 0.6) is 0 Å². The zero-order chi connectivity index (χ0) is 20.1. The molecule has 0 bridgehead atoms. The topological polar surface area (TPSA) is 104 Å². The van der Waals surface area contributed by atoms with Gasteiger partial charge < -0.3 is 10.0 Å². The zero-order valence-electron chi connectivity index (χ0n) is 14.1. The van der Waals surface area contributed by atoms with Crippen LogP contribution in [0, 0.1) is 0 Å². The van der Waals surface area contributed by atoms with Crippen LogP contribution in [0.4, 0.5) is 13.2 Å². The van der Waals surface area contributed by atoms with Crippen LogP contribution in [0.25, 0.3) is 0 Å². The SMILES string of the molecule is CCCN(CC(=O)O)C(=O)C(C)NS(=O)(=O)c1ccccc1C(F)(F)F. The molecule has 0 heterocycles. The number of carboxylic acid groups (broad SMARTS) is 1. The van der Waals surface area contributed by atoms with Gasteiger partial charge in [-0.25, -0.2) is 8.42 Å². The lowest BCUT2D eigenvalue weighted by Gasteiger charge is -2.24. The van der Waals surface area contributed by atoms with Crippen LogP contribution in [-0.4, -0.2) is 49.4 Å². The van der Waals surface area contributed by atoms with Gasteiger partial charge in [0.2, 0.25) is 15.9 Å². The third kappa shape index (κ3) is 5.70. The van der Waals surface area contributed by atoms with Crippen molar-refractivity contribution in [1.82, 2.24) is 9.62 Å². The molecule has 1 aromatic rings. The molecule has 0 spiro atoms. The van der Waals surface area contributed by atoms with Gasteiger partial charge in [0.15, 0.2) is 0 Å². The molecule has 0 saturated heterocycles. The van der Waals surface area contributed by atoms with Crippen LogP contribution in [-0.2, 0) is 25.8 Å². The van der Waals surface area contributed by atoms with E-state index in [1.807, 2.05) is 4.72 Å². The standard InChI is InChI=1S/C15H19F3N2O5S/c1-3-8-20(9-13(21)22)14(23)10(2)19-26(24,25)12-7-5-4-6-11(12)15(16,17)18/h4-7,10,19H,3,8-9H2,1-2H3,(H,21,22). The van der Waals surface area contributed by atoms with Gasteiger partial charge in [-0.1, -0.05) is 19.1 Å². The van der Waals surface area contributed by atoms with E-state index < -0.39 is 51.1 Å². The highest BCUT2D eigenvalue weighted by atomic mass is 32.2. The summed E-state index contributed by atoms with van der Waals surface area (Å²) in [6.45, 7) is 2.26. The van der Waals surface area contributed by atoms with Crippen molar-refractivity contribution in [2.75, 3.05) is 13.1 Å². The lowest BCUT2D eigenvalue weighted by molar-refractivity contribution is -0.145. The number of rotatable bonds is 8. The van der Waals surface area contributed by atoms with E-state index in [2.05, 4.69) is 0 Å². The monoisotopic (exact) mass is 396 g/mol. The molecule has 0 aliphatic rings. The van der Waals surface area contributed by atoms with Gasteiger partial charge in [-0.3, -0.25) is 9.59 Å². The molecule has 1 rings (SSSR count). The summed E-state index contributed by atoms with van der Waals surface area (Å²) in [5.74, 6) is -2.13. The van der Waals surface area contributed by atoms with Crippen molar-refractivity contribution < 1.29 is 36.3 Å². The molecule has 0 fully saturated rings. The number of carbonyl (C=O) groups excluding carboxylic acids is 1. The number of nitrogens with one attached hydrogen (secondary N) is 1. The molecule has 11 heteroatoms. The first kappa shape index (κ1) is 21.9. The van der Waals surface area contributed by atoms with Gasteiger partial charge in [0.05, 0.1) is 16.5 Å². The number of carbonyl (C=O) groups is 2. The Morgan fingerprint density at radius 3 is 2.35 bits per heavy atom. The molecular formula is C15H19F3N2O5S. The number of nitrogens with zero attached hydrogens (tertiary/aromatic N) is 1. The van der Waals surface area contributed by atoms with Crippen LogP contribution in [0.3, 0.4) is 0 Å². The molecule has 1 atom stereocenters. The minimum atomic E-state index is -4.89. The average molecular weight is 396 g/mol. The summed E-state index contributed by atoms with van der Waals surface area (Å²) in [5.41, 5.74) is -1.36. The largest absolute Gasteiger partial charge is 0.480 e. The highest BCUT2D eigenvalue weighted by molar-refractivity contribution is 7.89. The minimum absolute atomic E-state index is 0.0658. The Bertz CT molecular complexity index is 765. The van der Waals surface area contributed by atoms with Crippen LogP contribution in [0.1, 0.15) is 25.8 Å². The third-order valence-corrected chi connectivity index (χ3v) is 4.91. The van der Waals surface area contributed by atoms with E-state index in [0.29, 0.717) is 12.5 Å². The molecule has 1 aromatic carbocycles. The molecule has 0 saturated carbocycles. The van der Waals surface area contributed by atoms with Crippen LogP contribution < -0.4 is 4.72 Å². The van der Waals surface area contributed by atoms with Crippen molar-refractivity contribution in [3.8, 4) is 0 Å². The molecule has 0 aromatic heterocycles. The molecule has 1 unspecified atom stereocenters. The maximum atomic E-state index is 13.0. The van der Waals surface area contributed by atoms with E-state index in [1.54, 1.807) is 6.92 Å². The molecule has 1 amide bonds. The quantitative estimate of drug-likeness (QED) is 0.696. The Hall–Kier alpha value is -2.14. The number of hydrogen-bond acceptors (Lipinski definition) is 4. The Morgan fingerprint density at radius 1 is 1.27 bits per heavy atom. The van der Waals surface area contributed by atoms with Crippen molar-refractivity contribution in [2.24, 2.45) is 0 Å². The smallest absolute Gasteiger partial charge is 0.417 e. The van der Waals surface area contributed by atoms with Gasteiger partial charge in [-0.05, 0) is 25.5 Å². The maximum absolute atomic E-state index is 13.0. The Kier molecular flexibility index (Phi) is 7.16. The lowest BCUT2D eigenvalue weighted by Crippen LogP contribution is -2.48. The summed E-state index contributed by atoms with van der Waals surface area (Å²) >= 11 is 0. The fourth-order valence-electron chi connectivity index (χ4n) is 2.26. The Balaban J connectivity index is 3.10. The fraction of sp³-hybridized carbons (Fsp3) is 0.467. The first-order chi connectivity index (χ1) is 11.9. The number of halogens is 3. The minimum Gasteiger partial charge on any atom is -0.480 e. The summed E-state index contributed by atoms with van der Waals surface area (Å²) in [7, 11) is -4.66. The maximum Gasteiger partial charge on any atom is 0.417 e. The van der Waals surface area contributed by atoms with E-state index in [1.165, 1.54) is 0 Å². The Morgan fingerprint density at radius 2 is 1.85 bits per heavy atom. The number of aliphatic carboxylic acids is 1. The van der Waals surface area contributed by atoms with Gasteiger partial charge in [0.1, 0.15) is 6.54 Å². The van der Waals surface area contributed by atoms with Gasteiger partial charge in [0.25, 0.3) is 0 Å². The molecule has 146 valence electrons. The lowest BCUT2D eigenvalue weighted by atomic mass is 10.2. The number of carboxylic acids is 1. The van der Waals surface area contributed by atoms with Crippen molar-refractivity contribution in [3.63, 3.8) is 0 Å². The summed E-state index contributed by atoms with van der Waals surface area (Å²) < 4.78 is 65.6. The molecule has 0 aliphatic carbocycles. The first-order valence-electron chi connectivity index (χ1n) is 7.59. The van der Waals surface area contributed by atoms with E-state index in [9.17, 15) is 31.2 Å². The van der Waals surface area contributed by atoms with E-state index in [-0.39, 0.29) is 6.54 Å². The van der Waals surface area contributed by atoms with Gasteiger partial charge in [-0.15, -0.1) is 0 Å². The summed E-state index contributed by atoms with van der Waals surface area (Å²) in [4.78, 5) is 23.0. The molecule has 7 nitrogen and oxygen atoms in total. The second-order valence-corrected chi connectivity index (χ2v) is 7.17. The number of benzene rings is 1. The zero-order valence-corrected chi connectivity index (χ0v) is 14.9. The molecule has 2 N–H and O–H groups in total. The molecule has 0 radical (unpaired) electrons. The highest BCUT2D eigenvalue weighted by Gasteiger charge is 2.38. The fourth-order valence-corrected chi connectivity index (χ4v) is 3.68. The number of alkyl halides is 3. The predicted octanol–water partition coefficient (Wildman–Crippen LogP) is 1.70. The average Bonchev–Trinajstić information content (AvgIpc) is 2.52. The van der Waals surface area contributed by atoms with Crippen molar-refractivity contribution in [2.45, 2.75) is 37.4 Å². The van der Waals surface area contributed by atoms with Crippen molar-refractivity contribution >= 4 is 21.9 Å². The molecular weight excluding hydrogens is 377 g/mol. The third-order valence-electron chi connectivity index (χ3n) is 3.32. The van der Waals surface area contributed by atoms with Gasteiger partial charge >= 0.3 is 12.1 Å². The Labute approximate surface area is 148 Å².